The van der Waals surface area contributed by atoms with E-state index in [2.05, 4.69) is 5.32 Å². The third-order valence-corrected chi connectivity index (χ3v) is 5.86. The van der Waals surface area contributed by atoms with Gasteiger partial charge >= 0.3 is 0 Å². The van der Waals surface area contributed by atoms with Gasteiger partial charge in [0.25, 0.3) is 0 Å². The fraction of sp³-hybridized carbons (Fsp3) is 0.333. The molecule has 7 heteroatoms. The molecule has 4 nitrogen and oxygen atoms in total. The van der Waals surface area contributed by atoms with Gasteiger partial charge in [-0.2, -0.15) is 0 Å². The van der Waals surface area contributed by atoms with Gasteiger partial charge in [-0.3, -0.25) is 9.59 Å². The first-order chi connectivity index (χ1) is 13.4. The second-order valence-electron chi connectivity index (χ2n) is 6.35. The summed E-state index contributed by atoms with van der Waals surface area (Å²) in [6.45, 7) is 2.09. The molecule has 0 saturated heterocycles. The van der Waals surface area contributed by atoms with Gasteiger partial charge in [-0.05, 0) is 61.1 Å². The summed E-state index contributed by atoms with van der Waals surface area (Å²) >= 11 is 13.6. The summed E-state index contributed by atoms with van der Waals surface area (Å²) in [4.78, 5) is 27.7. The highest BCUT2D eigenvalue weighted by Gasteiger charge is 2.25. The van der Waals surface area contributed by atoms with Crippen LogP contribution in [0.15, 0.2) is 53.4 Å². The molecule has 0 aliphatic heterocycles. The largest absolute Gasteiger partial charge is 0.357 e. The maximum Gasteiger partial charge on any atom is 0.242 e. The molecule has 0 saturated carbocycles. The first-order valence-electron chi connectivity index (χ1n) is 9.04. The van der Waals surface area contributed by atoms with Crippen LogP contribution in [0.25, 0.3) is 0 Å². The summed E-state index contributed by atoms with van der Waals surface area (Å²) in [5.74, 6) is 0.575. The summed E-state index contributed by atoms with van der Waals surface area (Å²) in [6.07, 6.45) is 1.10. The molecule has 0 unspecified atom stereocenters. The number of carbonyl (C=O) groups is 2. The van der Waals surface area contributed by atoms with Crippen LogP contribution in [0.1, 0.15) is 25.3 Å². The lowest BCUT2D eigenvalue weighted by Crippen LogP contribution is -2.46. The number of carbonyl (C=O) groups excluding carboxylic acids is 2. The average molecular weight is 439 g/mol. The van der Waals surface area contributed by atoms with Crippen LogP contribution in [-0.4, -0.2) is 35.6 Å². The van der Waals surface area contributed by atoms with Crippen molar-refractivity contribution in [2.75, 3.05) is 12.8 Å². The van der Waals surface area contributed by atoms with Gasteiger partial charge in [0.2, 0.25) is 11.8 Å². The van der Waals surface area contributed by atoms with Crippen molar-refractivity contribution in [2.45, 2.75) is 37.2 Å². The molecule has 0 radical (unpaired) electrons. The predicted octanol–water partition coefficient (Wildman–Crippen LogP) is 5.03. The van der Waals surface area contributed by atoms with Gasteiger partial charge in [0.1, 0.15) is 6.04 Å². The lowest BCUT2D eigenvalue weighted by molar-refractivity contribution is -0.140. The highest BCUT2D eigenvalue weighted by Crippen LogP contribution is 2.22. The number of amides is 2. The number of hydrogen-bond acceptors (Lipinski definition) is 3. The monoisotopic (exact) mass is 438 g/mol. The molecule has 0 aliphatic rings. The number of likely N-dealkylation sites (N-methyl/N-ethyl adjacent to an activating group) is 1. The van der Waals surface area contributed by atoms with Gasteiger partial charge in [-0.25, -0.2) is 0 Å². The van der Waals surface area contributed by atoms with Crippen LogP contribution < -0.4 is 5.32 Å². The zero-order valence-corrected chi connectivity index (χ0v) is 18.3. The lowest BCUT2D eigenvalue weighted by Gasteiger charge is -2.28. The summed E-state index contributed by atoms with van der Waals surface area (Å²) in [6, 6.07) is 14.4. The van der Waals surface area contributed by atoms with E-state index in [1.807, 2.05) is 42.5 Å². The van der Waals surface area contributed by atoms with Crippen molar-refractivity contribution in [1.29, 1.82) is 0 Å². The normalized spacial score (nSPS) is 11.7. The van der Waals surface area contributed by atoms with Crippen LogP contribution in [0.2, 0.25) is 10.0 Å². The topological polar surface area (TPSA) is 49.4 Å². The van der Waals surface area contributed by atoms with Crippen LogP contribution in [0.3, 0.4) is 0 Å². The van der Waals surface area contributed by atoms with E-state index in [1.54, 1.807) is 36.7 Å². The van der Waals surface area contributed by atoms with Gasteiger partial charge in [0.05, 0.1) is 0 Å². The number of nitrogens with zero attached hydrogens (tertiary/aromatic N) is 1. The quantitative estimate of drug-likeness (QED) is 0.441. The third kappa shape index (κ3) is 7.04. The second-order valence-corrected chi connectivity index (χ2v) is 8.39. The maximum absolute atomic E-state index is 12.8. The summed E-state index contributed by atoms with van der Waals surface area (Å²) in [7, 11) is 1.57. The van der Waals surface area contributed by atoms with E-state index < -0.39 is 6.04 Å². The van der Waals surface area contributed by atoms with Crippen molar-refractivity contribution in [3.63, 3.8) is 0 Å². The van der Waals surface area contributed by atoms with Crippen molar-refractivity contribution >= 4 is 46.8 Å². The second kappa shape index (κ2) is 11.3. The highest BCUT2D eigenvalue weighted by atomic mass is 35.5. The van der Waals surface area contributed by atoms with E-state index in [0.717, 1.165) is 22.6 Å². The molecule has 2 aromatic rings. The van der Waals surface area contributed by atoms with Crippen LogP contribution in [0, 0.1) is 0 Å². The number of halogens is 2. The standard InChI is InChI=1S/C21H24Cl2N2O2S/c1-15(21(27)24-2)25(14-16-5-3-6-18(23)13-16)20(26)7-4-12-28-19-10-8-17(22)9-11-19/h3,5-6,8-11,13,15H,4,7,12,14H2,1-2H3,(H,24,27)/t15-/m1/s1. The van der Waals surface area contributed by atoms with E-state index >= 15 is 0 Å². The smallest absolute Gasteiger partial charge is 0.242 e. The first kappa shape index (κ1) is 22.6. The van der Waals surface area contributed by atoms with Gasteiger partial charge < -0.3 is 10.2 Å². The SMILES string of the molecule is CNC(=O)[C@@H](C)N(Cc1cccc(Cl)c1)C(=O)CCCSc1ccc(Cl)cc1. The number of thioether (sulfide) groups is 1. The van der Waals surface area contributed by atoms with Crippen LogP contribution in [-0.2, 0) is 16.1 Å². The third-order valence-electron chi connectivity index (χ3n) is 4.27. The Labute approximate surface area is 180 Å². The maximum atomic E-state index is 12.8. The van der Waals surface area contributed by atoms with E-state index in [9.17, 15) is 9.59 Å². The Balaban J connectivity index is 1.95. The molecule has 0 bridgehead atoms. The molecule has 150 valence electrons. The van der Waals surface area contributed by atoms with E-state index in [-0.39, 0.29) is 11.8 Å². The van der Waals surface area contributed by atoms with Crippen LogP contribution >= 0.6 is 35.0 Å². The Kier molecular flexibility index (Phi) is 9.16. The van der Waals surface area contributed by atoms with Crippen LogP contribution in [0.5, 0.6) is 0 Å². The van der Waals surface area contributed by atoms with E-state index in [4.69, 9.17) is 23.2 Å². The highest BCUT2D eigenvalue weighted by molar-refractivity contribution is 7.99. The molecular weight excluding hydrogens is 415 g/mol. The van der Waals surface area contributed by atoms with Crippen molar-refractivity contribution in [2.24, 2.45) is 0 Å². The van der Waals surface area contributed by atoms with Gasteiger partial charge in [-0.15, -0.1) is 11.8 Å². The van der Waals surface area contributed by atoms with Gasteiger partial charge in [0.15, 0.2) is 0 Å². The molecule has 0 aromatic heterocycles. The van der Waals surface area contributed by atoms with Crippen molar-refractivity contribution in [3.05, 3.63) is 64.1 Å². The Bertz CT molecular complexity index is 799. The minimum Gasteiger partial charge on any atom is -0.357 e. The lowest BCUT2D eigenvalue weighted by atomic mass is 10.1. The molecular formula is C21H24Cl2N2O2S. The first-order valence-corrected chi connectivity index (χ1v) is 10.8. The molecule has 2 rings (SSSR count). The van der Waals surface area contributed by atoms with Crippen molar-refractivity contribution in [1.82, 2.24) is 10.2 Å². The molecule has 2 amide bonds. The van der Waals surface area contributed by atoms with Gasteiger partial charge in [0, 0.05) is 35.0 Å². The molecule has 1 atom stereocenters. The van der Waals surface area contributed by atoms with E-state index in [1.165, 1.54) is 0 Å². The Morgan fingerprint density at radius 3 is 2.46 bits per heavy atom. The molecule has 0 aliphatic carbocycles. The number of rotatable bonds is 9. The number of benzene rings is 2. The Hall–Kier alpha value is -1.69. The summed E-state index contributed by atoms with van der Waals surface area (Å²) < 4.78 is 0. The summed E-state index contributed by atoms with van der Waals surface area (Å²) in [5, 5.41) is 3.93. The Morgan fingerprint density at radius 1 is 1.11 bits per heavy atom. The molecule has 28 heavy (non-hydrogen) atoms. The van der Waals surface area contributed by atoms with Crippen molar-refractivity contribution < 1.29 is 9.59 Å². The molecule has 2 aromatic carbocycles. The Morgan fingerprint density at radius 2 is 1.82 bits per heavy atom. The zero-order chi connectivity index (χ0) is 20.5. The molecule has 0 spiro atoms. The van der Waals surface area contributed by atoms with Crippen LogP contribution in [0.4, 0.5) is 0 Å². The predicted molar refractivity (Wildman–Crippen MR) is 117 cm³/mol. The molecule has 1 N–H and O–H groups in total. The number of nitrogens with one attached hydrogen (secondary N) is 1. The molecule has 0 fully saturated rings. The number of hydrogen-bond donors (Lipinski definition) is 1. The fourth-order valence-corrected chi connectivity index (χ4v) is 3.90. The van der Waals surface area contributed by atoms with Crippen molar-refractivity contribution in [3.8, 4) is 0 Å². The summed E-state index contributed by atoms with van der Waals surface area (Å²) in [5.41, 5.74) is 0.896. The van der Waals surface area contributed by atoms with Gasteiger partial charge in [-0.1, -0.05) is 35.3 Å². The zero-order valence-electron chi connectivity index (χ0n) is 16.0. The average Bonchev–Trinajstić information content (AvgIpc) is 2.69. The minimum absolute atomic E-state index is 0.0484. The minimum atomic E-state index is -0.555. The van der Waals surface area contributed by atoms with E-state index in [0.29, 0.717) is 23.0 Å². The fourth-order valence-electron chi connectivity index (χ4n) is 2.71. The molecule has 0 heterocycles.